The van der Waals surface area contributed by atoms with Gasteiger partial charge in [-0.1, -0.05) is 12.1 Å². The Morgan fingerprint density at radius 3 is 2.91 bits per heavy atom. The maximum atomic E-state index is 12.3. The number of thiazole rings is 1. The summed E-state index contributed by atoms with van der Waals surface area (Å²) >= 11 is 1.44. The minimum atomic E-state index is -0.00916. The normalized spacial score (nSPS) is 15.0. The molecule has 1 aromatic carbocycles. The van der Waals surface area contributed by atoms with Crippen LogP contribution in [-0.4, -0.2) is 45.9 Å². The van der Waals surface area contributed by atoms with Crippen molar-refractivity contribution in [3.05, 3.63) is 41.2 Å². The summed E-state index contributed by atoms with van der Waals surface area (Å²) in [6.07, 6.45) is 0. The highest BCUT2D eigenvalue weighted by atomic mass is 32.1. The third-order valence-corrected chi connectivity index (χ3v) is 4.76. The van der Waals surface area contributed by atoms with Gasteiger partial charge in [0.2, 0.25) is 0 Å². The molecule has 1 aliphatic heterocycles. The number of anilines is 1. The number of aromatic nitrogens is 3. The first-order chi connectivity index (χ1) is 10.7. The fourth-order valence-electron chi connectivity index (χ4n) is 2.63. The van der Waals surface area contributed by atoms with E-state index < -0.39 is 0 Å². The summed E-state index contributed by atoms with van der Waals surface area (Å²) < 4.78 is 0. The number of fused-ring (bicyclic) bond motifs is 1. The second kappa shape index (κ2) is 5.10. The van der Waals surface area contributed by atoms with Crippen molar-refractivity contribution in [1.29, 1.82) is 0 Å². The van der Waals surface area contributed by atoms with Crippen LogP contribution in [0.25, 0.3) is 11.0 Å². The smallest absolute Gasteiger partial charge is 0.273 e. The SMILES string of the molecule is CNc1nc(C(=O)N2CC(c3nc4ccccc4[nH]3)C2)cs1. The Kier molecular flexibility index (Phi) is 3.07. The molecule has 22 heavy (non-hydrogen) atoms. The number of benzene rings is 1. The van der Waals surface area contributed by atoms with E-state index in [1.165, 1.54) is 11.3 Å². The summed E-state index contributed by atoms with van der Waals surface area (Å²) in [5, 5.41) is 5.50. The summed E-state index contributed by atoms with van der Waals surface area (Å²) in [5.74, 6) is 1.23. The highest BCUT2D eigenvalue weighted by Crippen LogP contribution is 2.28. The molecular formula is C15H15N5OS. The third-order valence-electron chi connectivity index (χ3n) is 3.90. The van der Waals surface area contributed by atoms with Crippen LogP contribution in [0.1, 0.15) is 22.2 Å². The maximum absolute atomic E-state index is 12.3. The molecule has 3 heterocycles. The van der Waals surface area contributed by atoms with E-state index in [1.54, 1.807) is 12.4 Å². The van der Waals surface area contributed by atoms with Gasteiger partial charge in [0.15, 0.2) is 5.13 Å². The van der Waals surface area contributed by atoms with Gasteiger partial charge >= 0.3 is 0 Å². The number of para-hydroxylation sites is 2. The number of amides is 1. The second-order valence-corrected chi connectivity index (χ2v) is 6.19. The molecule has 6 nitrogen and oxygen atoms in total. The molecule has 0 unspecified atom stereocenters. The lowest BCUT2D eigenvalue weighted by molar-refractivity contribution is 0.0590. The Morgan fingerprint density at radius 2 is 2.18 bits per heavy atom. The number of hydrogen-bond donors (Lipinski definition) is 2. The van der Waals surface area contributed by atoms with Crippen molar-refractivity contribution in [3.63, 3.8) is 0 Å². The summed E-state index contributed by atoms with van der Waals surface area (Å²) in [6, 6.07) is 7.97. The van der Waals surface area contributed by atoms with Gasteiger partial charge in [0.05, 0.1) is 17.0 Å². The Bertz CT molecular complexity index is 800. The van der Waals surface area contributed by atoms with Crippen LogP contribution in [0.5, 0.6) is 0 Å². The lowest BCUT2D eigenvalue weighted by Crippen LogP contribution is -2.48. The van der Waals surface area contributed by atoms with E-state index >= 15 is 0 Å². The van der Waals surface area contributed by atoms with Gasteiger partial charge in [0.25, 0.3) is 5.91 Å². The van der Waals surface area contributed by atoms with Crippen LogP contribution in [0.2, 0.25) is 0 Å². The topological polar surface area (TPSA) is 73.9 Å². The monoisotopic (exact) mass is 313 g/mol. The highest BCUT2D eigenvalue weighted by molar-refractivity contribution is 7.13. The van der Waals surface area contributed by atoms with Crippen LogP contribution in [0, 0.1) is 0 Å². The summed E-state index contributed by atoms with van der Waals surface area (Å²) in [7, 11) is 1.80. The maximum Gasteiger partial charge on any atom is 0.273 e. The van der Waals surface area contributed by atoms with E-state index in [9.17, 15) is 4.79 Å². The summed E-state index contributed by atoms with van der Waals surface area (Å²) in [6.45, 7) is 1.37. The highest BCUT2D eigenvalue weighted by Gasteiger charge is 2.35. The van der Waals surface area contributed by atoms with Crippen molar-refractivity contribution in [2.45, 2.75) is 5.92 Å². The third kappa shape index (κ3) is 2.14. The molecule has 1 fully saturated rings. The number of nitrogens with zero attached hydrogens (tertiary/aromatic N) is 3. The zero-order valence-corrected chi connectivity index (χ0v) is 12.9. The number of rotatable bonds is 3. The number of imidazole rings is 1. The Hall–Kier alpha value is -2.41. The number of nitrogens with one attached hydrogen (secondary N) is 2. The molecule has 0 radical (unpaired) electrons. The standard InChI is InChI=1S/C15H15N5OS/c1-16-15-19-12(8-22-15)14(21)20-6-9(7-20)13-17-10-4-2-3-5-11(10)18-13/h2-5,8-9H,6-7H2,1H3,(H,16,19)(H,17,18). The van der Waals surface area contributed by atoms with Crippen molar-refractivity contribution in [3.8, 4) is 0 Å². The fourth-order valence-corrected chi connectivity index (χ4v) is 3.28. The number of hydrogen-bond acceptors (Lipinski definition) is 5. The first-order valence-electron chi connectivity index (χ1n) is 7.12. The quantitative estimate of drug-likeness (QED) is 0.778. The van der Waals surface area contributed by atoms with Crippen LogP contribution in [0.15, 0.2) is 29.6 Å². The molecule has 2 aromatic heterocycles. The molecule has 112 valence electrons. The van der Waals surface area contributed by atoms with E-state index in [2.05, 4.69) is 20.3 Å². The zero-order valence-electron chi connectivity index (χ0n) is 12.0. The van der Waals surface area contributed by atoms with Crippen molar-refractivity contribution in [2.75, 3.05) is 25.5 Å². The molecule has 4 rings (SSSR count). The average Bonchev–Trinajstić information content (AvgIpc) is 3.12. The average molecular weight is 313 g/mol. The molecule has 3 aromatic rings. The van der Waals surface area contributed by atoms with Gasteiger partial charge in [-0.2, -0.15) is 0 Å². The first-order valence-corrected chi connectivity index (χ1v) is 8.00. The molecule has 1 amide bonds. The van der Waals surface area contributed by atoms with Gasteiger partial charge < -0.3 is 15.2 Å². The minimum absolute atomic E-state index is 0.00916. The Morgan fingerprint density at radius 1 is 1.36 bits per heavy atom. The van der Waals surface area contributed by atoms with Gasteiger partial charge in [-0.05, 0) is 12.1 Å². The van der Waals surface area contributed by atoms with Gasteiger partial charge in [0, 0.05) is 25.5 Å². The molecule has 7 heteroatoms. The number of H-pyrrole nitrogens is 1. The van der Waals surface area contributed by atoms with Gasteiger partial charge in [-0.15, -0.1) is 11.3 Å². The lowest BCUT2D eigenvalue weighted by atomic mass is 9.99. The van der Waals surface area contributed by atoms with Crippen LogP contribution in [-0.2, 0) is 0 Å². The first kappa shape index (κ1) is 13.3. The lowest BCUT2D eigenvalue weighted by Gasteiger charge is -2.37. The largest absolute Gasteiger partial charge is 0.365 e. The number of carbonyl (C=O) groups is 1. The van der Waals surface area contributed by atoms with E-state index in [4.69, 9.17) is 0 Å². The zero-order chi connectivity index (χ0) is 15.1. The number of carbonyl (C=O) groups excluding carboxylic acids is 1. The molecule has 2 N–H and O–H groups in total. The van der Waals surface area contributed by atoms with E-state index in [1.807, 2.05) is 29.2 Å². The van der Waals surface area contributed by atoms with E-state index in [0.717, 1.165) is 22.0 Å². The van der Waals surface area contributed by atoms with Crippen LogP contribution in [0.4, 0.5) is 5.13 Å². The number of likely N-dealkylation sites (tertiary alicyclic amines) is 1. The van der Waals surface area contributed by atoms with Crippen LogP contribution >= 0.6 is 11.3 Å². The van der Waals surface area contributed by atoms with E-state index in [-0.39, 0.29) is 11.8 Å². The van der Waals surface area contributed by atoms with E-state index in [0.29, 0.717) is 18.8 Å². The van der Waals surface area contributed by atoms with Gasteiger partial charge in [-0.25, -0.2) is 9.97 Å². The fraction of sp³-hybridized carbons (Fsp3) is 0.267. The second-order valence-electron chi connectivity index (χ2n) is 5.33. The summed E-state index contributed by atoms with van der Waals surface area (Å²) in [4.78, 5) is 26.3. The van der Waals surface area contributed by atoms with Gasteiger partial charge in [-0.3, -0.25) is 4.79 Å². The molecule has 0 atom stereocenters. The van der Waals surface area contributed by atoms with Crippen molar-refractivity contribution < 1.29 is 4.79 Å². The predicted octanol–water partition coefficient (Wildman–Crippen LogP) is 2.30. The molecule has 1 saturated heterocycles. The predicted molar refractivity (Wildman–Crippen MR) is 86.4 cm³/mol. The molecule has 1 aliphatic rings. The molecule has 0 aliphatic carbocycles. The molecular weight excluding hydrogens is 298 g/mol. The summed E-state index contributed by atoms with van der Waals surface area (Å²) in [5.41, 5.74) is 2.53. The molecule has 0 saturated carbocycles. The van der Waals surface area contributed by atoms with Crippen LogP contribution < -0.4 is 5.32 Å². The molecule has 0 spiro atoms. The van der Waals surface area contributed by atoms with Crippen LogP contribution in [0.3, 0.4) is 0 Å². The van der Waals surface area contributed by atoms with Crippen molar-refractivity contribution >= 4 is 33.4 Å². The van der Waals surface area contributed by atoms with Crippen molar-refractivity contribution in [2.24, 2.45) is 0 Å². The van der Waals surface area contributed by atoms with Crippen molar-refractivity contribution in [1.82, 2.24) is 19.9 Å². The Labute approximate surface area is 131 Å². The van der Waals surface area contributed by atoms with Gasteiger partial charge in [0.1, 0.15) is 11.5 Å². The molecule has 0 bridgehead atoms. The number of aromatic amines is 1. The Balaban J connectivity index is 1.46. The minimum Gasteiger partial charge on any atom is -0.365 e.